The van der Waals surface area contributed by atoms with Crippen LogP contribution in [0.3, 0.4) is 0 Å². The van der Waals surface area contributed by atoms with Gasteiger partial charge in [-0.3, -0.25) is 9.59 Å². The average molecular weight is 328 g/mol. The summed E-state index contributed by atoms with van der Waals surface area (Å²) in [6, 6.07) is 5.23. The van der Waals surface area contributed by atoms with Gasteiger partial charge in [-0.1, -0.05) is 18.2 Å². The third-order valence-electron chi connectivity index (χ3n) is 3.94. The maximum Gasteiger partial charge on any atom is 0.416 e. The molecule has 1 aliphatic heterocycles. The average Bonchev–Trinajstić information content (AvgIpc) is 2.88. The summed E-state index contributed by atoms with van der Waals surface area (Å²) < 4.78 is 39.1. The van der Waals surface area contributed by atoms with Crippen LogP contribution in [0.5, 0.6) is 0 Å². The lowest BCUT2D eigenvalue weighted by molar-refractivity contribution is -0.139. The smallest absolute Gasteiger partial charge is 0.341 e. The van der Waals surface area contributed by atoms with E-state index in [0.29, 0.717) is 19.5 Å². The number of likely N-dealkylation sites (tertiary alicyclic amines) is 1. The van der Waals surface area contributed by atoms with Gasteiger partial charge in [0.15, 0.2) is 0 Å². The zero-order chi connectivity index (χ0) is 17.0. The highest BCUT2D eigenvalue weighted by Crippen LogP contribution is 2.32. The third-order valence-corrected chi connectivity index (χ3v) is 3.94. The molecule has 1 aromatic carbocycles. The number of carbonyl (C=O) groups excluding carboxylic acids is 2. The van der Waals surface area contributed by atoms with E-state index in [4.69, 9.17) is 0 Å². The van der Waals surface area contributed by atoms with Crippen LogP contribution in [0.25, 0.3) is 0 Å². The number of benzene rings is 1. The molecule has 0 saturated carbocycles. The minimum Gasteiger partial charge on any atom is -0.341 e. The maximum absolute atomic E-state index is 13.0. The number of alkyl halides is 3. The molecule has 0 N–H and O–H groups in total. The first-order chi connectivity index (χ1) is 10.8. The third kappa shape index (κ3) is 4.46. The van der Waals surface area contributed by atoms with E-state index in [1.807, 2.05) is 0 Å². The molecule has 0 radical (unpaired) electrons. The molecule has 1 aromatic rings. The Morgan fingerprint density at radius 1 is 1.30 bits per heavy atom. The second kappa shape index (κ2) is 7.02. The molecule has 7 heteroatoms. The van der Waals surface area contributed by atoms with Crippen molar-refractivity contribution in [3.63, 3.8) is 0 Å². The summed E-state index contributed by atoms with van der Waals surface area (Å²) in [6.45, 7) is 2.43. The molecule has 1 fully saturated rings. The highest BCUT2D eigenvalue weighted by molar-refractivity contribution is 5.78. The van der Waals surface area contributed by atoms with E-state index in [1.54, 1.807) is 4.90 Å². The molecule has 1 saturated heterocycles. The molecule has 0 atom stereocenters. The van der Waals surface area contributed by atoms with Crippen molar-refractivity contribution in [3.05, 3.63) is 35.4 Å². The number of hydrogen-bond acceptors (Lipinski definition) is 2. The second-order valence-corrected chi connectivity index (χ2v) is 5.58. The lowest BCUT2D eigenvalue weighted by Crippen LogP contribution is -2.38. The summed E-state index contributed by atoms with van der Waals surface area (Å²) >= 11 is 0. The van der Waals surface area contributed by atoms with Gasteiger partial charge >= 0.3 is 6.18 Å². The Morgan fingerprint density at radius 2 is 2.00 bits per heavy atom. The first-order valence-corrected chi connectivity index (χ1v) is 7.47. The number of amides is 2. The minimum atomic E-state index is -4.45. The monoisotopic (exact) mass is 328 g/mol. The van der Waals surface area contributed by atoms with Crippen LogP contribution in [0.15, 0.2) is 24.3 Å². The largest absolute Gasteiger partial charge is 0.416 e. The molecule has 2 rings (SSSR count). The summed E-state index contributed by atoms with van der Waals surface area (Å²) in [4.78, 5) is 26.3. The van der Waals surface area contributed by atoms with Crippen LogP contribution in [0.1, 0.15) is 30.9 Å². The Labute approximate surface area is 132 Å². The SMILES string of the molecule is CC(=O)N(CCN1CCCC1=O)Cc1ccccc1C(F)(F)F. The van der Waals surface area contributed by atoms with Crippen LogP contribution in [-0.4, -0.2) is 41.2 Å². The van der Waals surface area contributed by atoms with Crippen molar-refractivity contribution >= 4 is 11.8 Å². The highest BCUT2D eigenvalue weighted by Gasteiger charge is 2.33. The van der Waals surface area contributed by atoms with Crippen molar-refractivity contribution in [3.8, 4) is 0 Å². The van der Waals surface area contributed by atoms with Crippen LogP contribution in [0.4, 0.5) is 13.2 Å². The highest BCUT2D eigenvalue weighted by atomic mass is 19.4. The van der Waals surface area contributed by atoms with Crippen molar-refractivity contribution in [1.82, 2.24) is 9.80 Å². The van der Waals surface area contributed by atoms with Gasteiger partial charge in [-0.15, -0.1) is 0 Å². The molecule has 1 aliphatic rings. The molecular formula is C16H19F3N2O2. The molecule has 0 unspecified atom stereocenters. The Kier molecular flexibility index (Phi) is 5.28. The lowest BCUT2D eigenvalue weighted by atomic mass is 10.1. The van der Waals surface area contributed by atoms with E-state index < -0.39 is 11.7 Å². The Morgan fingerprint density at radius 3 is 2.57 bits per heavy atom. The van der Waals surface area contributed by atoms with E-state index in [9.17, 15) is 22.8 Å². The second-order valence-electron chi connectivity index (χ2n) is 5.58. The van der Waals surface area contributed by atoms with E-state index in [-0.39, 0.29) is 30.5 Å². The van der Waals surface area contributed by atoms with E-state index in [1.165, 1.54) is 30.0 Å². The predicted molar refractivity (Wildman–Crippen MR) is 78.3 cm³/mol. The van der Waals surface area contributed by atoms with Crippen molar-refractivity contribution in [2.75, 3.05) is 19.6 Å². The fourth-order valence-electron chi connectivity index (χ4n) is 2.67. The molecule has 0 aliphatic carbocycles. The van der Waals surface area contributed by atoms with Crippen molar-refractivity contribution in [1.29, 1.82) is 0 Å². The summed E-state index contributed by atoms with van der Waals surface area (Å²) in [5.74, 6) is -0.280. The van der Waals surface area contributed by atoms with Crippen LogP contribution >= 0.6 is 0 Å². The summed E-state index contributed by atoms with van der Waals surface area (Å²) in [7, 11) is 0. The van der Waals surface area contributed by atoms with Crippen LogP contribution in [0, 0.1) is 0 Å². The van der Waals surface area contributed by atoms with E-state index in [2.05, 4.69) is 0 Å². The number of halogens is 3. The van der Waals surface area contributed by atoms with Crippen molar-refractivity contribution in [2.45, 2.75) is 32.5 Å². The number of nitrogens with zero attached hydrogens (tertiary/aromatic N) is 2. The van der Waals surface area contributed by atoms with Crippen molar-refractivity contribution < 1.29 is 22.8 Å². The molecule has 4 nitrogen and oxygen atoms in total. The van der Waals surface area contributed by atoms with Crippen LogP contribution in [-0.2, 0) is 22.3 Å². The molecule has 2 amide bonds. The Bertz CT molecular complexity index is 587. The van der Waals surface area contributed by atoms with Gasteiger partial charge in [0.1, 0.15) is 0 Å². The van der Waals surface area contributed by atoms with Gasteiger partial charge in [0.2, 0.25) is 11.8 Å². The number of carbonyl (C=O) groups is 2. The van der Waals surface area contributed by atoms with Crippen LogP contribution in [0.2, 0.25) is 0 Å². The van der Waals surface area contributed by atoms with E-state index >= 15 is 0 Å². The first-order valence-electron chi connectivity index (χ1n) is 7.47. The summed E-state index contributed by atoms with van der Waals surface area (Å²) in [5, 5.41) is 0. The standard InChI is InChI=1S/C16H19F3N2O2/c1-12(22)21(10-9-20-8-4-7-15(20)23)11-13-5-2-3-6-14(13)16(17,18)19/h2-3,5-6H,4,7-11H2,1H3. The van der Waals surface area contributed by atoms with Gasteiger partial charge in [-0.2, -0.15) is 13.2 Å². The van der Waals surface area contributed by atoms with Gasteiger partial charge in [0.25, 0.3) is 0 Å². The van der Waals surface area contributed by atoms with Gasteiger partial charge in [-0.05, 0) is 18.1 Å². The van der Waals surface area contributed by atoms with Crippen LogP contribution < -0.4 is 0 Å². The molecule has 23 heavy (non-hydrogen) atoms. The van der Waals surface area contributed by atoms with Crippen molar-refractivity contribution in [2.24, 2.45) is 0 Å². The molecule has 0 bridgehead atoms. The molecule has 1 heterocycles. The zero-order valence-electron chi connectivity index (χ0n) is 12.9. The minimum absolute atomic E-state index is 0.0317. The Balaban J connectivity index is 2.08. The quantitative estimate of drug-likeness (QED) is 0.834. The lowest BCUT2D eigenvalue weighted by Gasteiger charge is -2.26. The first kappa shape index (κ1) is 17.3. The van der Waals surface area contributed by atoms with Gasteiger partial charge in [-0.25, -0.2) is 0 Å². The van der Waals surface area contributed by atoms with Gasteiger partial charge in [0, 0.05) is 39.5 Å². The molecular weight excluding hydrogens is 309 g/mol. The maximum atomic E-state index is 13.0. The normalized spacial score (nSPS) is 15.1. The fourth-order valence-corrected chi connectivity index (χ4v) is 2.67. The van der Waals surface area contributed by atoms with Gasteiger partial charge < -0.3 is 9.80 Å². The summed E-state index contributed by atoms with van der Waals surface area (Å²) in [5.41, 5.74) is -0.675. The van der Waals surface area contributed by atoms with Gasteiger partial charge in [0.05, 0.1) is 5.56 Å². The topological polar surface area (TPSA) is 40.6 Å². The Hall–Kier alpha value is -2.05. The molecule has 0 spiro atoms. The number of hydrogen-bond donors (Lipinski definition) is 0. The zero-order valence-corrected chi connectivity index (χ0v) is 12.9. The van der Waals surface area contributed by atoms with E-state index in [0.717, 1.165) is 12.5 Å². The number of rotatable bonds is 5. The molecule has 0 aromatic heterocycles. The molecule has 126 valence electrons. The summed E-state index contributed by atoms with van der Waals surface area (Å²) in [6.07, 6.45) is -3.17. The predicted octanol–water partition coefficient (Wildman–Crippen LogP) is 2.68. The fraction of sp³-hybridized carbons (Fsp3) is 0.500.